The lowest BCUT2D eigenvalue weighted by Crippen LogP contribution is -2.50. The molecule has 3 nitrogen and oxygen atoms in total. The predicted molar refractivity (Wildman–Crippen MR) is 77.7 cm³/mol. The highest BCUT2D eigenvalue weighted by atomic mass is 15.2. The fraction of sp³-hybridized carbons (Fsp3) is 1.00. The molecule has 0 atom stereocenters. The molecule has 0 amide bonds. The molecule has 1 heterocycles. The van der Waals surface area contributed by atoms with E-state index in [9.17, 15) is 0 Å². The van der Waals surface area contributed by atoms with Gasteiger partial charge in [0, 0.05) is 18.1 Å². The maximum absolute atomic E-state index is 6.03. The van der Waals surface area contributed by atoms with Crippen molar-refractivity contribution in [2.75, 3.05) is 26.2 Å². The second kappa shape index (κ2) is 6.88. The Balaban J connectivity index is 1.85. The minimum Gasteiger partial charge on any atom is -0.328 e. The van der Waals surface area contributed by atoms with E-state index < -0.39 is 0 Å². The SMILES string of the molecule is CCN1CCC(N(CC)C2CCC(N)CC2)CC1. The molecular weight excluding hydrogens is 222 g/mol. The van der Waals surface area contributed by atoms with Crippen molar-refractivity contribution < 1.29 is 0 Å². The van der Waals surface area contributed by atoms with Crippen molar-refractivity contribution in [3.63, 3.8) is 0 Å². The smallest absolute Gasteiger partial charge is 0.0122 e. The fourth-order valence-electron chi connectivity index (χ4n) is 3.81. The molecule has 0 aromatic rings. The summed E-state index contributed by atoms with van der Waals surface area (Å²) in [7, 11) is 0. The number of hydrogen-bond donors (Lipinski definition) is 1. The van der Waals surface area contributed by atoms with E-state index in [4.69, 9.17) is 5.73 Å². The third kappa shape index (κ3) is 3.46. The lowest BCUT2D eigenvalue weighted by atomic mass is 9.88. The summed E-state index contributed by atoms with van der Waals surface area (Å²) in [4.78, 5) is 5.38. The first-order valence-corrected chi connectivity index (χ1v) is 7.98. The zero-order valence-corrected chi connectivity index (χ0v) is 12.3. The topological polar surface area (TPSA) is 32.5 Å². The van der Waals surface area contributed by atoms with Crippen molar-refractivity contribution in [2.45, 2.75) is 70.5 Å². The quantitative estimate of drug-likeness (QED) is 0.832. The Bertz CT molecular complexity index is 228. The second-order valence-corrected chi connectivity index (χ2v) is 6.06. The van der Waals surface area contributed by atoms with Crippen molar-refractivity contribution in [1.82, 2.24) is 9.80 Å². The van der Waals surface area contributed by atoms with Gasteiger partial charge in [0.1, 0.15) is 0 Å². The number of piperidine rings is 1. The van der Waals surface area contributed by atoms with Crippen LogP contribution in [-0.4, -0.2) is 54.1 Å². The Morgan fingerprint density at radius 2 is 1.50 bits per heavy atom. The zero-order valence-electron chi connectivity index (χ0n) is 12.3. The van der Waals surface area contributed by atoms with E-state index in [0.717, 1.165) is 12.1 Å². The fourth-order valence-corrected chi connectivity index (χ4v) is 3.81. The molecule has 2 aliphatic rings. The van der Waals surface area contributed by atoms with Gasteiger partial charge in [-0.15, -0.1) is 0 Å². The van der Waals surface area contributed by atoms with Gasteiger partial charge in [0.05, 0.1) is 0 Å². The van der Waals surface area contributed by atoms with Gasteiger partial charge in [-0.1, -0.05) is 13.8 Å². The van der Waals surface area contributed by atoms with Gasteiger partial charge in [-0.05, 0) is 64.7 Å². The monoisotopic (exact) mass is 253 g/mol. The summed E-state index contributed by atoms with van der Waals surface area (Å²) in [5, 5.41) is 0. The molecule has 0 aromatic carbocycles. The molecule has 3 heteroatoms. The van der Waals surface area contributed by atoms with Crippen molar-refractivity contribution in [1.29, 1.82) is 0 Å². The highest BCUT2D eigenvalue weighted by molar-refractivity contribution is 4.87. The molecule has 18 heavy (non-hydrogen) atoms. The lowest BCUT2D eigenvalue weighted by Gasteiger charge is -2.43. The van der Waals surface area contributed by atoms with Gasteiger partial charge in [-0.3, -0.25) is 4.90 Å². The van der Waals surface area contributed by atoms with Crippen LogP contribution in [0.4, 0.5) is 0 Å². The average molecular weight is 253 g/mol. The number of likely N-dealkylation sites (tertiary alicyclic amines) is 1. The van der Waals surface area contributed by atoms with E-state index in [1.165, 1.54) is 64.7 Å². The molecule has 0 aromatic heterocycles. The Hall–Kier alpha value is -0.120. The molecule has 1 aliphatic heterocycles. The van der Waals surface area contributed by atoms with Gasteiger partial charge in [-0.25, -0.2) is 0 Å². The molecular formula is C15H31N3. The Morgan fingerprint density at radius 3 is 2.00 bits per heavy atom. The number of rotatable bonds is 4. The largest absolute Gasteiger partial charge is 0.328 e. The van der Waals surface area contributed by atoms with Crippen LogP contribution in [0.2, 0.25) is 0 Å². The van der Waals surface area contributed by atoms with E-state index >= 15 is 0 Å². The van der Waals surface area contributed by atoms with Gasteiger partial charge in [0.25, 0.3) is 0 Å². The van der Waals surface area contributed by atoms with Gasteiger partial charge < -0.3 is 10.6 Å². The summed E-state index contributed by atoms with van der Waals surface area (Å²) in [5.41, 5.74) is 6.03. The first-order valence-electron chi connectivity index (χ1n) is 7.98. The van der Waals surface area contributed by atoms with Gasteiger partial charge >= 0.3 is 0 Å². The van der Waals surface area contributed by atoms with Crippen molar-refractivity contribution in [2.24, 2.45) is 5.73 Å². The summed E-state index contributed by atoms with van der Waals surface area (Å²) in [6, 6.07) is 2.12. The maximum Gasteiger partial charge on any atom is 0.0122 e. The summed E-state index contributed by atoms with van der Waals surface area (Å²) in [6.45, 7) is 9.64. The first-order chi connectivity index (χ1) is 8.74. The third-order valence-corrected chi connectivity index (χ3v) is 5.05. The van der Waals surface area contributed by atoms with Crippen molar-refractivity contribution >= 4 is 0 Å². The minimum atomic E-state index is 0.474. The van der Waals surface area contributed by atoms with Gasteiger partial charge in [0.2, 0.25) is 0 Å². The maximum atomic E-state index is 6.03. The molecule has 0 unspecified atom stereocenters. The molecule has 0 spiro atoms. The average Bonchev–Trinajstić information content (AvgIpc) is 2.42. The Morgan fingerprint density at radius 1 is 0.944 bits per heavy atom. The van der Waals surface area contributed by atoms with E-state index in [-0.39, 0.29) is 0 Å². The summed E-state index contributed by atoms with van der Waals surface area (Å²) in [6.07, 6.45) is 7.84. The van der Waals surface area contributed by atoms with Crippen molar-refractivity contribution in [3.8, 4) is 0 Å². The first kappa shape index (κ1) is 14.3. The van der Waals surface area contributed by atoms with Crippen LogP contribution < -0.4 is 5.73 Å². The van der Waals surface area contributed by atoms with E-state index in [2.05, 4.69) is 23.6 Å². The van der Waals surface area contributed by atoms with Gasteiger partial charge in [-0.2, -0.15) is 0 Å². The predicted octanol–water partition coefficient (Wildman–Crippen LogP) is 2.06. The van der Waals surface area contributed by atoms with Crippen molar-refractivity contribution in [3.05, 3.63) is 0 Å². The molecule has 2 fully saturated rings. The van der Waals surface area contributed by atoms with Crippen LogP contribution in [0.15, 0.2) is 0 Å². The van der Waals surface area contributed by atoms with Crippen LogP contribution in [-0.2, 0) is 0 Å². The van der Waals surface area contributed by atoms with Crippen LogP contribution in [0, 0.1) is 0 Å². The highest BCUT2D eigenvalue weighted by Crippen LogP contribution is 2.27. The van der Waals surface area contributed by atoms with Crippen LogP contribution in [0.5, 0.6) is 0 Å². The Labute approximate surface area is 113 Å². The molecule has 0 bridgehead atoms. The zero-order chi connectivity index (χ0) is 13.0. The lowest BCUT2D eigenvalue weighted by molar-refractivity contribution is 0.0610. The van der Waals surface area contributed by atoms with E-state index in [1.807, 2.05) is 0 Å². The number of nitrogens with zero attached hydrogens (tertiary/aromatic N) is 2. The van der Waals surface area contributed by atoms with Crippen LogP contribution in [0.3, 0.4) is 0 Å². The number of nitrogens with two attached hydrogens (primary N) is 1. The summed E-state index contributed by atoms with van der Waals surface area (Å²) in [5.74, 6) is 0. The molecule has 106 valence electrons. The summed E-state index contributed by atoms with van der Waals surface area (Å²) < 4.78 is 0. The minimum absolute atomic E-state index is 0.474. The van der Waals surface area contributed by atoms with Crippen LogP contribution in [0.25, 0.3) is 0 Å². The Kier molecular flexibility index (Phi) is 5.46. The van der Waals surface area contributed by atoms with Gasteiger partial charge in [0.15, 0.2) is 0 Å². The third-order valence-electron chi connectivity index (χ3n) is 5.05. The molecule has 2 rings (SSSR count). The molecule has 1 aliphatic carbocycles. The van der Waals surface area contributed by atoms with E-state index in [1.54, 1.807) is 0 Å². The molecule has 0 radical (unpaired) electrons. The standard InChI is InChI=1S/C15H31N3/c1-3-17-11-9-15(10-12-17)18(4-2)14-7-5-13(16)6-8-14/h13-15H,3-12,16H2,1-2H3. The van der Waals surface area contributed by atoms with E-state index in [0.29, 0.717) is 6.04 Å². The number of hydrogen-bond acceptors (Lipinski definition) is 3. The highest BCUT2D eigenvalue weighted by Gasteiger charge is 2.30. The molecule has 1 saturated carbocycles. The molecule has 1 saturated heterocycles. The summed E-state index contributed by atoms with van der Waals surface area (Å²) >= 11 is 0. The van der Waals surface area contributed by atoms with Crippen LogP contribution >= 0.6 is 0 Å². The van der Waals surface area contributed by atoms with Crippen LogP contribution in [0.1, 0.15) is 52.4 Å². The molecule has 2 N–H and O–H groups in total. The normalized spacial score (nSPS) is 32.0. The second-order valence-electron chi connectivity index (χ2n) is 6.06.